The van der Waals surface area contributed by atoms with Crippen LogP contribution in [0.25, 0.3) is 0 Å². The summed E-state index contributed by atoms with van der Waals surface area (Å²) < 4.78 is 10.8. The molecule has 1 heterocycles. The summed E-state index contributed by atoms with van der Waals surface area (Å²) in [5.74, 6) is 0. The third kappa shape index (κ3) is 2.49. The molecule has 3 nitrogen and oxygen atoms in total. The zero-order valence-corrected chi connectivity index (χ0v) is 6.96. The molecule has 0 aromatic heterocycles. The highest BCUT2D eigenvalue weighted by atomic mass is 16.6. The molecule has 0 aromatic carbocycles. The van der Waals surface area contributed by atoms with Gasteiger partial charge in [-0.25, -0.2) is 0 Å². The van der Waals surface area contributed by atoms with Gasteiger partial charge in [-0.15, -0.1) is 0 Å². The second-order valence-electron chi connectivity index (χ2n) is 3.37. The van der Waals surface area contributed by atoms with E-state index in [4.69, 9.17) is 14.7 Å². The van der Waals surface area contributed by atoms with Crippen molar-refractivity contribution in [3.63, 3.8) is 0 Å². The van der Waals surface area contributed by atoms with Crippen LogP contribution in [-0.2, 0) is 9.47 Å². The smallest absolute Gasteiger partial charge is 0.0939 e. The molecule has 0 aromatic rings. The molecule has 0 amide bonds. The first-order chi connectivity index (χ1) is 5.14. The Balaban J connectivity index is 2.32. The van der Waals surface area contributed by atoms with E-state index < -0.39 is 0 Å². The van der Waals surface area contributed by atoms with Crippen LogP contribution in [-0.4, -0.2) is 24.9 Å². The van der Waals surface area contributed by atoms with Gasteiger partial charge in [0.05, 0.1) is 37.4 Å². The van der Waals surface area contributed by atoms with Crippen LogP contribution in [0.3, 0.4) is 0 Å². The number of hydrogen-bond donors (Lipinski definition) is 0. The highest BCUT2D eigenvalue weighted by Gasteiger charge is 2.27. The Kier molecular flexibility index (Phi) is 2.48. The molecule has 0 saturated carbocycles. The minimum Gasteiger partial charge on any atom is -0.372 e. The average Bonchev–Trinajstić information content (AvgIpc) is 1.94. The quantitative estimate of drug-likeness (QED) is 0.569. The first-order valence-electron chi connectivity index (χ1n) is 3.76. The Labute approximate surface area is 66.9 Å². The fourth-order valence-corrected chi connectivity index (χ4v) is 0.947. The van der Waals surface area contributed by atoms with E-state index in [0.717, 1.165) is 0 Å². The van der Waals surface area contributed by atoms with Crippen molar-refractivity contribution in [1.29, 1.82) is 5.26 Å². The number of ether oxygens (including phenoxy) is 2. The third-order valence-electron chi connectivity index (χ3n) is 1.65. The number of hydrogen-bond acceptors (Lipinski definition) is 3. The molecular weight excluding hydrogens is 142 g/mol. The van der Waals surface area contributed by atoms with Crippen molar-refractivity contribution in [2.45, 2.75) is 32.0 Å². The highest BCUT2D eigenvalue weighted by molar-refractivity contribution is 4.81. The van der Waals surface area contributed by atoms with Gasteiger partial charge in [0.1, 0.15) is 0 Å². The van der Waals surface area contributed by atoms with Gasteiger partial charge < -0.3 is 9.47 Å². The molecule has 1 aliphatic rings. The van der Waals surface area contributed by atoms with Crippen molar-refractivity contribution >= 4 is 0 Å². The third-order valence-corrected chi connectivity index (χ3v) is 1.65. The van der Waals surface area contributed by atoms with Crippen molar-refractivity contribution in [3.8, 4) is 6.07 Å². The summed E-state index contributed by atoms with van der Waals surface area (Å²) in [7, 11) is 0. The van der Waals surface area contributed by atoms with Crippen LogP contribution in [0.5, 0.6) is 0 Å². The van der Waals surface area contributed by atoms with Crippen molar-refractivity contribution in [3.05, 3.63) is 0 Å². The summed E-state index contributed by atoms with van der Waals surface area (Å²) >= 11 is 0. The summed E-state index contributed by atoms with van der Waals surface area (Å²) in [6.07, 6.45) is 0.406. The average molecular weight is 155 g/mol. The van der Waals surface area contributed by atoms with Crippen molar-refractivity contribution in [2.24, 2.45) is 0 Å². The van der Waals surface area contributed by atoms with E-state index in [1.54, 1.807) is 0 Å². The van der Waals surface area contributed by atoms with Crippen LogP contribution in [0.2, 0.25) is 0 Å². The maximum atomic E-state index is 8.36. The molecule has 1 unspecified atom stereocenters. The summed E-state index contributed by atoms with van der Waals surface area (Å²) in [5.41, 5.74) is -0.175. The van der Waals surface area contributed by atoms with Gasteiger partial charge in [-0.05, 0) is 13.8 Å². The van der Waals surface area contributed by atoms with Gasteiger partial charge in [0, 0.05) is 0 Å². The molecule has 1 saturated heterocycles. The molecule has 1 rings (SSSR count). The standard InChI is InChI=1S/C8H13NO2/c1-8(2)6-10-7(3-4-9)5-11-8/h7H,3,5-6H2,1-2H3. The predicted molar refractivity (Wildman–Crippen MR) is 40.0 cm³/mol. The molecule has 0 N–H and O–H groups in total. The molecule has 11 heavy (non-hydrogen) atoms. The van der Waals surface area contributed by atoms with E-state index in [1.807, 2.05) is 13.8 Å². The van der Waals surface area contributed by atoms with E-state index in [9.17, 15) is 0 Å². The SMILES string of the molecule is CC1(C)COC(CC#N)CO1. The topological polar surface area (TPSA) is 42.2 Å². The summed E-state index contributed by atoms with van der Waals surface area (Å²) in [5, 5.41) is 8.36. The second-order valence-corrected chi connectivity index (χ2v) is 3.37. The van der Waals surface area contributed by atoms with E-state index in [-0.39, 0.29) is 11.7 Å². The maximum Gasteiger partial charge on any atom is 0.0939 e. The lowest BCUT2D eigenvalue weighted by Gasteiger charge is -2.33. The highest BCUT2D eigenvalue weighted by Crippen LogP contribution is 2.18. The second kappa shape index (κ2) is 3.21. The van der Waals surface area contributed by atoms with Gasteiger partial charge in [-0.2, -0.15) is 5.26 Å². The van der Waals surface area contributed by atoms with Gasteiger partial charge in [0.15, 0.2) is 0 Å². The van der Waals surface area contributed by atoms with Crippen LogP contribution in [0.4, 0.5) is 0 Å². The zero-order valence-electron chi connectivity index (χ0n) is 6.96. The largest absolute Gasteiger partial charge is 0.372 e. The molecular formula is C8H13NO2. The molecule has 1 aliphatic heterocycles. The van der Waals surface area contributed by atoms with Crippen LogP contribution in [0.15, 0.2) is 0 Å². The summed E-state index contributed by atoms with van der Waals surface area (Å²) in [6.45, 7) is 5.09. The van der Waals surface area contributed by atoms with E-state index in [1.165, 1.54) is 0 Å². The Morgan fingerprint density at radius 1 is 1.64 bits per heavy atom. The number of nitriles is 1. The fraction of sp³-hybridized carbons (Fsp3) is 0.875. The molecule has 0 radical (unpaired) electrons. The molecule has 0 bridgehead atoms. The number of nitrogens with zero attached hydrogens (tertiary/aromatic N) is 1. The van der Waals surface area contributed by atoms with Crippen molar-refractivity contribution in [2.75, 3.05) is 13.2 Å². The molecule has 62 valence electrons. The molecule has 3 heteroatoms. The summed E-state index contributed by atoms with van der Waals surface area (Å²) in [6, 6.07) is 2.06. The molecule has 0 spiro atoms. The lowest BCUT2D eigenvalue weighted by Crippen LogP contribution is -2.42. The normalized spacial score (nSPS) is 29.4. The minimum absolute atomic E-state index is 0.0203. The first-order valence-corrected chi connectivity index (χ1v) is 3.76. The van der Waals surface area contributed by atoms with Gasteiger partial charge >= 0.3 is 0 Å². The van der Waals surface area contributed by atoms with Gasteiger partial charge in [-0.1, -0.05) is 0 Å². The van der Waals surface area contributed by atoms with E-state index >= 15 is 0 Å². The van der Waals surface area contributed by atoms with Crippen LogP contribution < -0.4 is 0 Å². The van der Waals surface area contributed by atoms with E-state index in [0.29, 0.717) is 19.6 Å². The lowest BCUT2D eigenvalue weighted by molar-refractivity contribution is -0.172. The lowest BCUT2D eigenvalue weighted by atomic mass is 10.1. The first kappa shape index (κ1) is 8.51. The van der Waals surface area contributed by atoms with Crippen molar-refractivity contribution in [1.82, 2.24) is 0 Å². The molecule has 1 fully saturated rings. The summed E-state index contributed by atoms with van der Waals surface area (Å²) in [4.78, 5) is 0. The Hall–Kier alpha value is -0.590. The van der Waals surface area contributed by atoms with E-state index in [2.05, 4.69) is 6.07 Å². The fourth-order valence-electron chi connectivity index (χ4n) is 0.947. The zero-order chi connectivity index (χ0) is 8.32. The Morgan fingerprint density at radius 2 is 2.36 bits per heavy atom. The minimum atomic E-state index is -0.175. The maximum absolute atomic E-state index is 8.36. The van der Waals surface area contributed by atoms with Crippen molar-refractivity contribution < 1.29 is 9.47 Å². The van der Waals surface area contributed by atoms with Crippen LogP contribution >= 0.6 is 0 Å². The Morgan fingerprint density at radius 3 is 2.82 bits per heavy atom. The monoisotopic (exact) mass is 155 g/mol. The van der Waals surface area contributed by atoms with Gasteiger partial charge in [-0.3, -0.25) is 0 Å². The molecule has 1 atom stereocenters. The van der Waals surface area contributed by atoms with Gasteiger partial charge in [0.2, 0.25) is 0 Å². The molecule has 0 aliphatic carbocycles. The Bertz CT molecular complexity index is 161. The predicted octanol–water partition coefficient (Wildman–Crippen LogP) is 1.09. The van der Waals surface area contributed by atoms with Crippen LogP contribution in [0.1, 0.15) is 20.3 Å². The van der Waals surface area contributed by atoms with Crippen LogP contribution in [0, 0.1) is 11.3 Å². The van der Waals surface area contributed by atoms with Gasteiger partial charge in [0.25, 0.3) is 0 Å². The number of rotatable bonds is 1.